The van der Waals surface area contributed by atoms with Crippen molar-refractivity contribution in [3.63, 3.8) is 0 Å². The van der Waals surface area contributed by atoms with Crippen LogP contribution in [0.4, 0.5) is 4.39 Å². The predicted molar refractivity (Wildman–Crippen MR) is 77.5 cm³/mol. The lowest BCUT2D eigenvalue weighted by molar-refractivity contribution is 0.133. The average molecular weight is 281 g/mol. The second-order valence-electron chi connectivity index (χ2n) is 6.13. The van der Waals surface area contributed by atoms with Gasteiger partial charge in [0, 0.05) is 24.1 Å². The maximum absolute atomic E-state index is 13.3. The van der Waals surface area contributed by atoms with Crippen molar-refractivity contribution in [2.75, 3.05) is 6.61 Å². The van der Waals surface area contributed by atoms with Gasteiger partial charge in [0.15, 0.2) is 0 Å². The van der Waals surface area contributed by atoms with Crippen molar-refractivity contribution in [3.05, 3.63) is 29.6 Å². The zero-order valence-electron chi connectivity index (χ0n) is 12.4. The Hall–Kier alpha value is -1.13. The summed E-state index contributed by atoms with van der Waals surface area (Å²) in [5.41, 5.74) is 0.671. The number of halogens is 1. The van der Waals surface area contributed by atoms with Gasteiger partial charge in [0.05, 0.1) is 6.61 Å². The first-order valence-electron chi connectivity index (χ1n) is 7.25. The van der Waals surface area contributed by atoms with Crippen LogP contribution in [0.5, 0.6) is 5.75 Å². The van der Waals surface area contributed by atoms with Crippen molar-refractivity contribution < 1.29 is 14.2 Å². The highest BCUT2D eigenvalue weighted by Crippen LogP contribution is 2.34. The van der Waals surface area contributed by atoms with E-state index in [4.69, 9.17) is 4.74 Å². The van der Waals surface area contributed by atoms with E-state index in [-0.39, 0.29) is 24.1 Å². The molecule has 0 bridgehead atoms. The number of rotatable bonds is 5. The second-order valence-corrected chi connectivity index (χ2v) is 6.13. The zero-order valence-corrected chi connectivity index (χ0v) is 12.4. The number of nitrogens with one attached hydrogen (secondary N) is 1. The van der Waals surface area contributed by atoms with E-state index in [1.165, 1.54) is 12.1 Å². The molecule has 0 aromatic heterocycles. The number of hydrogen-bond acceptors (Lipinski definition) is 3. The molecule has 20 heavy (non-hydrogen) atoms. The molecule has 0 amide bonds. The van der Waals surface area contributed by atoms with Crippen LogP contribution >= 0.6 is 0 Å². The first-order valence-corrected chi connectivity index (χ1v) is 7.25. The first-order chi connectivity index (χ1) is 9.44. The lowest BCUT2D eigenvalue weighted by atomic mass is 9.97. The van der Waals surface area contributed by atoms with Crippen LogP contribution < -0.4 is 10.1 Å². The van der Waals surface area contributed by atoms with Gasteiger partial charge in [-0.1, -0.05) is 19.9 Å². The van der Waals surface area contributed by atoms with Crippen molar-refractivity contribution in [3.8, 4) is 5.75 Å². The Morgan fingerprint density at radius 1 is 1.50 bits per heavy atom. The van der Waals surface area contributed by atoms with Crippen LogP contribution in [0.2, 0.25) is 0 Å². The van der Waals surface area contributed by atoms with E-state index in [1.807, 2.05) is 6.92 Å². The minimum absolute atomic E-state index is 0.0221. The monoisotopic (exact) mass is 281 g/mol. The van der Waals surface area contributed by atoms with E-state index in [2.05, 4.69) is 19.2 Å². The summed E-state index contributed by atoms with van der Waals surface area (Å²) in [4.78, 5) is 0. The molecule has 0 spiro atoms. The summed E-state index contributed by atoms with van der Waals surface area (Å²) in [6.07, 6.45) is 2.52. The Labute approximate surface area is 120 Å². The van der Waals surface area contributed by atoms with Gasteiger partial charge in [-0.15, -0.1) is 0 Å². The minimum Gasteiger partial charge on any atom is -0.490 e. The molecule has 112 valence electrons. The lowest BCUT2D eigenvalue weighted by Crippen LogP contribution is -2.50. The maximum Gasteiger partial charge on any atom is 0.126 e. The molecule has 0 radical (unpaired) electrons. The normalized spacial score (nSPS) is 26.2. The highest BCUT2D eigenvalue weighted by atomic mass is 19.1. The van der Waals surface area contributed by atoms with Crippen molar-refractivity contribution in [2.45, 2.75) is 57.7 Å². The standard InChI is InChI=1S/C16H24FNO2/c1-11(2)18-16(10-19)7-6-14(9-16)20-15-8-13(17)5-4-12(15)3/h4-5,8,11,14,18-19H,6-7,9-10H2,1-3H3. The molecule has 2 atom stereocenters. The van der Waals surface area contributed by atoms with E-state index >= 15 is 0 Å². The quantitative estimate of drug-likeness (QED) is 0.872. The minimum atomic E-state index is -0.280. The van der Waals surface area contributed by atoms with E-state index in [0.29, 0.717) is 11.8 Å². The third-order valence-electron chi connectivity index (χ3n) is 3.90. The Morgan fingerprint density at radius 3 is 2.90 bits per heavy atom. The number of aryl methyl sites for hydroxylation is 1. The van der Waals surface area contributed by atoms with Gasteiger partial charge in [-0.05, 0) is 31.4 Å². The summed E-state index contributed by atoms with van der Waals surface area (Å²) in [6.45, 7) is 6.16. The molecular formula is C16H24FNO2. The largest absolute Gasteiger partial charge is 0.490 e. The Kier molecular flexibility index (Phi) is 4.66. The number of hydrogen-bond donors (Lipinski definition) is 2. The maximum atomic E-state index is 13.3. The van der Waals surface area contributed by atoms with Gasteiger partial charge in [0.25, 0.3) is 0 Å². The van der Waals surface area contributed by atoms with Gasteiger partial charge in [-0.25, -0.2) is 4.39 Å². The molecule has 1 saturated carbocycles. The predicted octanol–water partition coefficient (Wildman–Crippen LogP) is 2.79. The fourth-order valence-electron chi connectivity index (χ4n) is 2.99. The molecule has 1 aromatic carbocycles. The smallest absolute Gasteiger partial charge is 0.126 e. The molecule has 2 N–H and O–H groups in total. The van der Waals surface area contributed by atoms with Crippen molar-refractivity contribution in [2.24, 2.45) is 0 Å². The molecule has 4 heteroatoms. The van der Waals surface area contributed by atoms with Crippen LogP contribution in [0.3, 0.4) is 0 Å². The van der Waals surface area contributed by atoms with E-state index in [1.54, 1.807) is 6.07 Å². The van der Waals surface area contributed by atoms with Crippen LogP contribution in [0.25, 0.3) is 0 Å². The molecule has 1 aromatic rings. The summed E-state index contributed by atoms with van der Waals surface area (Å²) in [6, 6.07) is 4.92. The SMILES string of the molecule is Cc1ccc(F)cc1OC1CCC(CO)(NC(C)C)C1. The molecule has 0 aliphatic heterocycles. The van der Waals surface area contributed by atoms with Crippen molar-refractivity contribution in [1.29, 1.82) is 0 Å². The number of aliphatic hydroxyl groups is 1. The molecule has 0 saturated heterocycles. The van der Waals surface area contributed by atoms with Crippen LogP contribution in [0, 0.1) is 12.7 Å². The summed E-state index contributed by atoms with van der Waals surface area (Å²) in [5, 5.41) is 13.1. The molecular weight excluding hydrogens is 257 g/mol. The van der Waals surface area contributed by atoms with Gasteiger partial charge >= 0.3 is 0 Å². The second kappa shape index (κ2) is 6.10. The van der Waals surface area contributed by atoms with Crippen LogP contribution in [0.15, 0.2) is 18.2 Å². The summed E-state index contributed by atoms with van der Waals surface area (Å²) in [7, 11) is 0. The van der Waals surface area contributed by atoms with E-state index in [9.17, 15) is 9.50 Å². The lowest BCUT2D eigenvalue weighted by Gasteiger charge is -2.31. The summed E-state index contributed by atoms with van der Waals surface area (Å²) < 4.78 is 19.2. The molecule has 3 nitrogen and oxygen atoms in total. The van der Waals surface area contributed by atoms with Gasteiger partial charge in [-0.2, -0.15) is 0 Å². The fourth-order valence-corrected chi connectivity index (χ4v) is 2.99. The third kappa shape index (κ3) is 3.49. The van der Waals surface area contributed by atoms with Crippen molar-refractivity contribution >= 4 is 0 Å². The molecule has 0 heterocycles. The van der Waals surface area contributed by atoms with Crippen molar-refractivity contribution in [1.82, 2.24) is 5.32 Å². The Bertz CT molecular complexity index is 464. The van der Waals surface area contributed by atoms with E-state index < -0.39 is 0 Å². The van der Waals surface area contributed by atoms with Crippen LogP contribution in [0.1, 0.15) is 38.7 Å². The highest BCUT2D eigenvalue weighted by molar-refractivity contribution is 5.33. The molecule has 1 aliphatic carbocycles. The zero-order chi connectivity index (χ0) is 14.8. The number of ether oxygens (including phenoxy) is 1. The van der Waals surface area contributed by atoms with Crippen LogP contribution in [-0.4, -0.2) is 29.4 Å². The number of aliphatic hydroxyl groups excluding tert-OH is 1. The van der Waals surface area contributed by atoms with E-state index in [0.717, 1.165) is 24.8 Å². The van der Waals surface area contributed by atoms with Gasteiger partial charge in [-0.3, -0.25) is 0 Å². The summed E-state index contributed by atoms with van der Waals surface area (Å²) >= 11 is 0. The molecule has 1 aliphatic rings. The van der Waals surface area contributed by atoms with Gasteiger partial charge < -0.3 is 15.2 Å². The average Bonchev–Trinajstić information content (AvgIpc) is 2.77. The summed E-state index contributed by atoms with van der Waals surface area (Å²) in [5.74, 6) is 0.325. The Balaban J connectivity index is 2.04. The molecule has 2 unspecified atom stereocenters. The Morgan fingerprint density at radius 2 is 2.25 bits per heavy atom. The fraction of sp³-hybridized carbons (Fsp3) is 0.625. The molecule has 1 fully saturated rings. The first kappa shape index (κ1) is 15.3. The third-order valence-corrected chi connectivity index (χ3v) is 3.90. The highest BCUT2D eigenvalue weighted by Gasteiger charge is 2.40. The molecule has 2 rings (SSSR count). The van der Waals surface area contributed by atoms with Gasteiger partial charge in [0.1, 0.15) is 17.7 Å². The number of benzene rings is 1. The topological polar surface area (TPSA) is 41.5 Å². The van der Waals surface area contributed by atoms with Gasteiger partial charge in [0.2, 0.25) is 0 Å². The van der Waals surface area contributed by atoms with Crippen LogP contribution in [-0.2, 0) is 0 Å².